The second-order valence-corrected chi connectivity index (χ2v) is 8.27. The molecule has 1 aliphatic carbocycles. The van der Waals surface area contributed by atoms with Gasteiger partial charge in [-0.15, -0.1) is 0 Å². The number of esters is 1. The topological polar surface area (TPSA) is 66.9 Å². The maximum absolute atomic E-state index is 12.4. The zero-order valence-electron chi connectivity index (χ0n) is 17.0. The first-order valence-electron chi connectivity index (χ1n) is 10.1. The van der Waals surface area contributed by atoms with E-state index >= 15 is 0 Å². The van der Waals surface area contributed by atoms with E-state index < -0.39 is 11.9 Å². The van der Waals surface area contributed by atoms with E-state index in [4.69, 9.17) is 4.74 Å². The Balaban J connectivity index is 1.49. The Morgan fingerprint density at radius 2 is 1.79 bits per heavy atom. The van der Waals surface area contributed by atoms with E-state index in [1.165, 1.54) is 0 Å². The van der Waals surface area contributed by atoms with Crippen LogP contribution in [0.3, 0.4) is 0 Å². The Morgan fingerprint density at radius 3 is 2.43 bits per heavy atom. The molecule has 1 saturated carbocycles. The summed E-state index contributed by atoms with van der Waals surface area (Å²) in [6, 6.07) is 7.87. The minimum Gasteiger partial charge on any atom is -0.455 e. The molecule has 6 nitrogen and oxygen atoms in total. The summed E-state index contributed by atoms with van der Waals surface area (Å²) in [4.78, 5) is 40.4. The maximum Gasteiger partial charge on any atom is 0.311 e. The van der Waals surface area contributed by atoms with E-state index in [1.807, 2.05) is 31.2 Å². The number of rotatable bonds is 5. The molecule has 0 N–H and O–H groups in total. The molecule has 2 fully saturated rings. The molecule has 28 heavy (non-hydrogen) atoms. The standard InChI is InChI=1S/C22H30N2O4/c1-15-4-8-18(9-5-15)23(3)21(26)14-28-22(27)17-12-20(25)24(13-17)19-10-6-16(2)7-11-19/h6-7,10-11,15,17-18H,4-5,8-9,12-14H2,1-3H3. The SMILES string of the molecule is Cc1ccc(N2CC(C(=O)OCC(=O)N(C)C3CCC(C)CC3)CC2=O)cc1. The Bertz CT molecular complexity index is 723. The second-order valence-electron chi connectivity index (χ2n) is 8.27. The van der Waals surface area contributed by atoms with Crippen molar-refractivity contribution in [3.05, 3.63) is 29.8 Å². The van der Waals surface area contributed by atoms with Crippen LogP contribution in [0.5, 0.6) is 0 Å². The Hall–Kier alpha value is -2.37. The van der Waals surface area contributed by atoms with E-state index in [2.05, 4.69) is 6.92 Å². The van der Waals surface area contributed by atoms with Crippen molar-refractivity contribution in [1.82, 2.24) is 4.90 Å². The van der Waals surface area contributed by atoms with Crippen LogP contribution in [-0.4, -0.2) is 48.9 Å². The lowest BCUT2D eigenvalue weighted by atomic mass is 9.87. The van der Waals surface area contributed by atoms with Crippen LogP contribution in [0.15, 0.2) is 24.3 Å². The van der Waals surface area contributed by atoms with Gasteiger partial charge in [0, 0.05) is 31.7 Å². The highest BCUT2D eigenvalue weighted by molar-refractivity contribution is 5.99. The molecule has 0 radical (unpaired) electrons. The second kappa shape index (κ2) is 8.76. The highest BCUT2D eigenvalue weighted by Crippen LogP contribution is 2.27. The van der Waals surface area contributed by atoms with E-state index in [9.17, 15) is 14.4 Å². The Labute approximate surface area is 166 Å². The molecule has 0 bridgehead atoms. The lowest BCUT2D eigenvalue weighted by Crippen LogP contribution is -2.41. The molecular formula is C22H30N2O4. The predicted molar refractivity (Wildman–Crippen MR) is 107 cm³/mol. The highest BCUT2D eigenvalue weighted by atomic mass is 16.5. The molecule has 1 heterocycles. The summed E-state index contributed by atoms with van der Waals surface area (Å²) in [5, 5.41) is 0. The molecule has 2 amide bonds. The van der Waals surface area contributed by atoms with Gasteiger partial charge in [0.05, 0.1) is 5.92 Å². The van der Waals surface area contributed by atoms with Crippen LogP contribution in [0.2, 0.25) is 0 Å². The lowest BCUT2D eigenvalue weighted by Gasteiger charge is -2.33. The molecule has 6 heteroatoms. The van der Waals surface area contributed by atoms with Crippen LogP contribution in [0.25, 0.3) is 0 Å². The molecule has 1 aliphatic heterocycles. The summed E-state index contributed by atoms with van der Waals surface area (Å²) in [6.07, 6.45) is 4.37. The van der Waals surface area contributed by atoms with Crippen molar-refractivity contribution in [2.45, 2.75) is 52.0 Å². The fourth-order valence-corrected chi connectivity index (χ4v) is 4.03. The molecule has 1 unspecified atom stereocenters. The van der Waals surface area contributed by atoms with Crippen LogP contribution in [-0.2, 0) is 19.1 Å². The van der Waals surface area contributed by atoms with Gasteiger partial charge in [0.15, 0.2) is 6.61 Å². The van der Waals surface area contributed by atoms with Crippen molar-refractivity contribution in [2.24, 2.45) is 11.8 Å². The van der Waals surface area contributed by atoms with Crippen LogP contribution in [0.1, 0.15) is 44.6 Å². The lowest BCUT2D eigenvalue weighted by molar-refractivity contribution is -0.155. The first-order valence-corrected chi connectivity index (χ1v) is 10.1. The van der Waals surface area contributed by atoms with Crippen molar-refractivity contribution in [3.63, 3.8) is 0 Å². The number of carbonyl (C=O) groups is 3. The fourth-order valence-electron chi connectivity index (χ4n) is 4.03. The molecule has 1 atom stereocenters. The Kier molecular flexibility index (Phi) is 6.37. The van der Waals surface area contributed by atoms with Crippen LogP contribution in [0, 0.1) is 18.8 Å². The number of hydrogen-bond acceptors (Lipinski definition) is 4. The molecule has 0 aromatic heterocycles. The first-order chi connectivity index (χ1) is 13.3. The summed E-state index contributed by atoms with van der Waals surface area (Å²) >= 11 is 0. The molecule has 1 aromatic carbocycles. The van der Waals surface area contributed by atoms with E-state index in [-0.39, 0.29) is 30.9 Å². The molecule has 3 rings (SSSR count). The maximum atomic E-state index is 12.4. The molecular weight excluding hydrogens is 356 g/mol. The number of anilines is 1. The number of carbonyl (C=O) groups excluding carboxylic acids is 3. The zero-order chi connectivity index (χ0) is 20.3. The summed E-state index contributed by atoms with van der Waals surface area (Å²) in [5.41, 5.74) is 1.90. The summed E-state index contributed by atoms with van der Waals surface area (Å²) in [7, 11) is 1.79. The van der Waals surface area contributed by atoms with Gasteiger partial charge < -0.3 is 14.5 Å². The number of likely N-dealkylation sites (N-methyl/N-ethyl adjacent to an activating group) is 1. The molecule has 1 aromatic rings. The van der Waals surface area contributed by atoms with E-state index in [0.717, 1.165) is 36.9 Å². The summed E-state index contributed by atoms with van der Waals surface area (Å²) in [5.74, 6) is -0.545. The van der Waals surface area contributed by atoms with Gasteiger partial charge in [0.2, 0.25) is 5.91 Å². The fraction of sp³-hybridized carbons (Fsp3) is 0.591. The number of hydrogen-bond donors (Lipinski definition) is 0. The minimum atomic E-state index is -0.526. The smallest absolute Gasteiger partial charge is 0.311 e. The van der Waals surface area contributed by atoms with Gasteiger partial charge in [-0.2, -0.15) is 0 Å². The molecule has 1 saturated heterocycles. The third kappa shape index (κ3) is 4.72. The van der Waals surface area contributed by atoms with E-state index in [1.54, 1.807) is 16.8 Å². The monoisotopic (exact) mass is 386 g/mol. The number of ether oxygens (including phenoxy) is 1. The van der Waals surface area contributed by atoms with Crippen molar-refractivity contribution < 1.29 is 19.1 Å². The van der Waals surface area contributed by atoms with Gasteiger partial charge in [-0.3, -0.25) is 14.4 Å². The van der Waals surface area contributed by atoms with E-state index in [0.29, 0.717) is 12.5 Å². The molecule has 152 valence electrons. The van der Waals surface area contributed by atoms with Crippen LogP contribution >= 0.6 is 0 Å². The normalized spacial score (nSPS) is 24.9. The zero-order valence-corrected chi connectivity index (χ0v) is 17.0. The van der Waals surface area contributed by atoms with Crippen LogP contribution in [0.4, 0.5) is 5.69 Å². The number of aryl methyl sites for hydroxylation is 1. The van der Waals surface area contributed by atoms with Crippen molar-refractivity contribution in [2.75, 3.05) is 25.1 Å². The average molecular weight is 386 g/mol. The van der Waals surface area contributed by atoms with Gasteiger partial charge in [-0.05, 0) is 50.7 Å². The number of nitrogens with zero attached hydrogens (tertiary/aromatic N) is 2. The number of benzene rings is 1. The largest absolute Gasteiger partial charge is 0.455 e. The van der Waals surface area contributed by atoms with Crippen molar-refractivity contribution in [1.29, 1.82) is 0 Å². The van der Waals surface area contributed by atoms with Gasteiger partial charge in [-0.25, -0.2) is 0 Å². The van der Waals surface area contributed by atoms with Gasteiger partial charge in [0.1, 0.15) is 0 Å². The average Bonchev–Trinajstić information content (AvgIpc) is 3.08. The quantitative estimate of drug-likeness (QED) is 0.730. The van der Waals surface area contributed by atoms with Crippen LogP contribution < -0.4 is 4.90 Å². The number of amides is 2. The van der Waals surface area contributed by atoms with Gasteiger partial charge >= 0.3 is 5.97 Å². The third-order valence-corrected chi connectivity index (χ3v) is 6.07. The molecule has 2 aliphatic rings. The third-order valence-electron chi connectivity index (χ3n) is 6.07. The molecule has 0 spiro atoms. The first kappa shape index (κ1) is 20.4. The highest BCUT2D eigenvalue weighted by Gasteiger charge is 2.36. The summed E-state index contributed by atoms with van der Waals surface area (Å²) in [6.45, 7) is 4.27. The Morgan fingerprint density at radius 1 is 1.14 bits per heavy atom. The van der Waals surface area contributed by atoms with Gasteiger partial charge in [0.25, 0.3) is 5.91 Å². The predicted octanol–water partition coefficient (Wildman–Crippen LogP) is 2.93. The van der Waals surface area contributed by atoms with Crippen molar-refractivity contribution >= 4 is 23.5 Å². The summed E-state index contributed by atoms with van der Waals surface area (Å²) < 4.78 is 5.26. The van der Waals surface area contributed by atoms with Crippen molar-refractivity contribution in [3.8, 4) is 0 Å². The minimum absolute atomic E-state index is 0.0921. The van der Waals surface area contributed by atoms with Gasteiger partial charge in [-0.1, -0.05) is 24.6 Å².